The molecule has 0 unspecified atom stereocenters. The summed E-state index contributed by atoms with van der Waals surface area (Å²) in [5.74, 6) is 0. The molecule has 0 radical (unpaired) electrons. The van der Waals surface area contributed by atoms with Crippen molar-refractivity contribution in [3.8, 4) is 0 Å². The van der Waals surface area contributed by atoms with Crippen molar-refractivity contribution in [1.82, 2.24) is 9.62 Å². The van der Waals surface area contributed by atoms with Gasteiger partial charge in [-0.1, -0.05) is 0 Å². The van der Waals surface area contributed by atoms with Gasteiger partial charge >= 0.3 is 0 Å². The Morgan fingerprint density at radius 3 is 2.50 bits per heavy atom. The second-order valence-corrected chi connectivity index (χ2v) is 6.87. The van der Waals surface area contributed by atoms with Crippen LogP contribution in [-0.4, -0.2) is 50.9 Å². The molecule has 1 fully saturated rings. The van der Waals surface area contributed by atoms with Crippen molar-refractivity contribution < 1.29 is 13.3 Å². The lowest BCUT2D eigenvalue weighted by molar-refractivity contribution is -0.384. The molecule has 1 aliphatic heterocycles. The first-order chi connectivity index (χ1) is 9.32. The van der Waals surface area contributed by atoms with Gasteiger partial charge in [0.25, 0.3) is 5.69 Å². The van der Waals surface area contributed by atoms with Gasteiger partial charge in [0, 0.05) is 33.3 Å². The third-order valence-electron chi connectivity index (χ3n) is 3.09. The van der Waals surface area contributed by atoms with E-state index in [0.29, 0.717) is 5.69 Å². The molecule has 110 valence electrons. The molecule has 1 saturated heterocycles. The van der Waals surface area contributed by atoms with Crippen LogP contribution in [0.15, 0.2) is 23.1 Å². The van der Waals surface area contributed by atoms with E-state index in [9.17, 15) is 18.5 Å². The molecular formula is C11H16N4O4S. The molecule has 2 rings (SSSR count). The monoisotopic (exact) mass is 300 g/mol. The van der Waals surface area contributed by atoms with E-state index in [-0.39, 0.29) is 16.6 Å². The Labute approximate surface area is 117 Å². The van der Waals surface area contributed by atoms with Crippen molar-refractivity contribution in [3.05, 3.63) is 28.3 Å². The lowest BCUT2D eigenvalue weighted by atomic mass is 10.1. The van der Waals surface area contributed by atoms with Crippen molar-refractivity contribution in [2.75, 3.05) is 32.5 Å². The zero-order valence-electron chi connectivity index (χ0n) is 11.2. The van der Waals surface area contributed by atoms with Gasteiger partial charge in [0.2, 0.25) is 10.0 Å². The molecule has 0 aromatic heterocycles. The van der Waals surface area contributed by atoms with Crippen LogP contribution in [0.5, 0.6) is 0 Å². The number of rotatable bonds is 5. The standard InChI is InChI=1S/C11H16N4O4S/c1-14(2)20(18,19)9-3-4-10(11(5-9)15(16)17)13-8-6-12-7-8/h3-5,8,12-13H,6-7H2,1-2H3. The van der Waals surface area contributed by atoms with Gasteiger partial charge in [0.15, 0.2) is 0 Å². The van der Waals surface area contributed by atoms with E-state index in [1.807, 2.05) is 0 Å². The van der Waals surface area contributed by atoms with Crippen LogP contribution in [0, 0.1) is 10.1 Å². The van der Waals surface area contributed by atoms with Crippen LogP contribution in [0.1, 0.15) is 0 Å². The lowest BCUT2D eigenvalue weighted by Crippen LogP contribution is -2.51. The third-order valence-corrected chi connectivity index (χ3v) is 4.90. The van der Waals surface area contributed by atoms with Crippen molar-refractivity contribution in [2.24, 2.45) is 0 Å². The number of nitrogens with zero attached hydrogens (tertiary/aromatic N) is 2. The number of hydrogen-bond donors (Lipinski definition) is 2. The zero-order valence-corrected chi connectivity index (χ0v) is 12.0. The number of anilines is 1. The quantitative estimate of drug-likeness (QED) is 0.596. The van der Waals surface area contributed by atoms with Crippen molar-refractivity contribution in [3.63, 3.8) is 0 Å². The molecule has 1 heterocycles. The predicted octanol–water partition coefficient (Wildman–Crippen LogP) is 0.229. The number of benzene rings is 1. The minimum atomic E-state index is -3.68. The molecule has 9 heteroatoms. The van der Waals surface area contributed by atoms with Gasteiger partial charge in [-0.15, -0.1) is 0 Å². The maximum atomic E-state index is 12.0. The minimum Gasteiger partial charge on any atom is -0.374 e. The average molecular weight is 300 g/mol. The van der Waals surface area contributed by atoms with Gasteiger partial charge in [0.1, 0.15) is 5.69 Å². The fraction of sp³-hybridized carbons (Fsp3) is 0.455. The minimum absolute atomic E-state index is 0.0912. The molecule has 20 heavy (non-hydrogen) atoms. The molecular weight excluding hydrogens is 284 g/mol. The van der Waals surface area contributed by atoms with E-state index < -0.39 is 14.9 Å². The Morgan fingerprint density at radius 1 is 1.40 bits per heavy atom. The summed E-state index contributed by atoms with van der Waals surface area (Å²) in [5, 5.41) is 17.2. The largest absolute Gasteiger partial charge is 0.374 e. The number of nitrogens with one attached hydrogen (secondary N) is 2. The van der Waals surface area contributed by atoms with Gasteiger partial charge in [-0.25, -0.2) is 12.7 Å². The second kappa shape index (κ2) is 5.35. The van der Waals surface area contributed by atoms with Crippen molar-refractivity contribution >= 4 is 21.4 Å². The summed E-state index contributed by atoms with van der Waals surface area (Å²) in [5.41, 5.74) is 0.0963. The summed E-state index contributed by atoms with van der Waals surface area (Å²) in [4.78, 5) is 10.4. The Kier molecular flexibility index (Phi) is 3.93. The number of nitro groups is 1. The molecule has 2 N–H and O–H groups in total. The summed E-state index contributed by atoms with van der Waals surface area (Å²) in [7, 11) is -0.916. The molecule has 8 nitrogen and oxygen atoms in total. The molecule has 0 atom stereocenters. The normalized spacial score (nSPS) is 15.9. The average Bonchev–Trinajstić information content (AvgIpc) is 2.33. The van der Waals surface area contributed by atoms with Crippen molar-refractivity contribution in [1.29, 1.82) is 0 Å². The first-order valence-electron chi connectivity index (χ1n) is 6.00. The number of hydrogen-bond acceptors (Lipinski definition) is 6. The maximum Gasteiger partial charge on any atom is 0.293 e. The fourth-order valence-corrected chi connectivity index (χ4v) is 2.69. The fourth-order valence-electron chi connectivity index (χ4n) is 1.77. The summed E-state index contributed by atoms with van der Waals surface area (Å²) in [6.07, 6.45) is 0. The molecule has 0 amide bonds. The van der Waals surface area contributed by atoms with Gasteiger partial charge < -0.3 is 10.6 Å². The first-order valence-corrected chi connectivity index (χ1v) is 7.44. The van der Waals surface area contributed by atoms with Crippen molar-refractivity contribution in [2.45, 2.75) is 10.9 Å². The van der Waals surface area contributed by atoms with Crippen LogP contribution in [-0.2, 0) is 10.0 Å². The van der Waals surface area contributed by atoms with E-state index in [1.54, 1.807) is 0 Å². The highest BCUT2D eigenvalue weighted by Crippen LogP contribution is 2.29. The van der Waals surface area contributed by atoms with E-state index in [2.05, 4.69) is 10.6 Å². The van der Waals surface area contributed by atoms with E-state index in [1.165, 1.54) is 26.2 Å². The van der Waals surface area contributed by atoms with Gasteiger partial charge in [0.05, 0.1) is 15.9 Å². The summed E-state index contributed by atoms with van der Waals surface area (Å²) < 4.78 is 25.0. The Hall–Kier alpha value is -1.71. The van der Waals surface area contributed by atoms with Gasteiger partial charge in [-0.3, -0.25) is 10.1 Å². The lowest BCUT2D eigenvalue weighted by Gasteiger charge is -2.28. The highest BCUT2D eigenvalue weighted by Gasteiger charge is 2.25. The molecule has 1 aromatic carbocycles. The SMILES string of the molecule is CN(C)S(=O)(=O)c1ccc(NC2CNC2)c([N+](=O)[O-])c1. The molecule has 0 saturated carbocycles. The van der Waals surface area contributed by atoms with Crippen LogP contribution >= 0.6 is 0 Å². The Morgan fingerprint density at radius 2 is 2.05 bits per heavy atom. The second-order valence-electron chi connectivity index (χ2n) is 4.72. The number of nitro benzene ring substituents is 1. The van der Waals surface area contributed by atoms with Crippen LogP contribution in [0.2, 0.25) is 0 Å². The van der Waals surface area contributed by atoms with Crippen LogP contribution in [0.3, 0.4) is 0 Å². The highest BCUT2D eigenvalue weighted by molar-refractivity contribution is 7.89. The van der Waals surface area contributed by atoms with Crippen LogP contribution in [0.25, 0.3) is 0 Å². The molecule has 0 bridgehead atoms. The van der Waals surface area contributed by atoms with Crippen LogP contribution in [0.4, 0.5) is 11.4 Å². The van der Waals surface area contributed by atoms with Gasteiger partial charge in [-0.2, -0.15) is 0 Å². The highest BCUT2D eigenvalue weighted by atomic mass is 32.2. The summed E-state index contributed by atoms with van der Waals surface area (Å²) in [6.45, 7) is 1.46. The van der Waals surface area contributed by atoms with Crippen LogP contribution < -0.4 is 10.6 Å². The molecule has 0 spiro atoms. The van der Waals surface area contributed by atoms with Gasteiger partial charge in [-0.05, 0) is 12.1 Å². The summed E-state index contributed by atoms with van der Waals surface area (Å²) >= 11 is 0. The molecule has 0 aliphatic carbocycles. The van der Waals surface area contributed by atoms with E-state index in [4.69, 9.17) is 0 Å². The summed E-state index contributed by atoms with van der Waals surface area (Å²) in [6, 6.07) is 4.03. The molecule has 1 aliphatic rings. The third kappa shape index (κ3) is 2.74. The Balaban J connectivity index is 2.39. The topological polar surface area (TPSA) is 105 Å². The molecule has 1 aromatic rings. The van der Waals surface area contributed by atoms with E-state index >= 15 is 0 Å². The first kappa shape index (κ1) is 14.7. The maximum absolute atomic E-state index is 12.0. The Bertz CT molecular complexity index is 625. The smallest absolute Gasteiger partial charge is 0.293 e. The van der Waals surface area contributed by atoms with E-state index in [0.717, 1.165) is 23.5 Å². The number of sulfonamides is 1. The predicted molar refractivity (Wildman–Crippen MR) is 74.2 cm³/mol. The zero-order chi connectivity index (χ0) is 14.9.